The Kier molecular flexibility index (Phi) is 9.88. The molecule has 0 saturated heterocycles. The van der Waals surface area contributed by atoms with Crippen molar-refractivity contribution in [2.45, 2.75) is 58.1 Å². The number of methoxy groups -OCH3 is 1. The molecule has 184 valence electrons. The van der Waals surface area contributed by atoms with Crippen molar-refractivity contribution in [2.24, 2.45) is 0 Å². The van der Waals surface area contributed by atoms with Gasteiger partial charge in [0.05, 0.1) is 20.1 Å². The third kappa shape index (κ3) is 9.91. The number of carbonyl (C=O) groups is 3. The summed E-state index contributed by atoms with van der Waals surface area (Å²) in [6.45, 7) is 5.30. The smallest absolute Gasteiger partial charge is 0.409 e. The van der Waals surface area contributed by atoms with Gasteiger partial charge in [0.15, 0.2) is 0 Å². The van der Waals surface area contributed by atoms with Crippen LogP contribution in [0.15, 0.2) is 54.6 Å². The Hall–Kier alpha value is -3.59. The minimum atomic E-state index is -1.17. The van der Waals surface area contributed by atoms with Crippen LogP contribution in [0.25, 0.3) is 0 Å². The lowest BCUT2D eigenvalue weighted by molar-refractivity contribution is -0.142. The third-order valence-electron chi connectivity index (χ3n) is 4.57. The molecule has 0 radical (unpaired) electrons. The van der Waals surface area contributed by atoms with E-state index in [1.165, 1.54) is 7.11 Å². The van der Waals surface area contributed by atoms with E-state index in [0.29, 0.717) is 5.75 Å². The Morgan fingerprint density at radius 3 is 2.15 bits per heavy atom. The van der Waals surface area contributed by atoms with Gasteiger partial charge in [0.1, 0.15) is 23.6 Å². The van der Waals surface area contributed by atoms with Crippen molar-refractivity contribution in [3.8, 4) is 5.75 Å². The van der Waals surface area contributed by atoms with E-state index in [-0.39, 0.29) is 19.4 Å². The standard InChI is InChI=1S/C25H32N2O7/c1-25(2,3)34-24(31)27-22(33-16-18-8-6-5-7-9-18)15-21(28)26-20(23(29)30)14-17-10-12-19(32-4)13-11-17/h5-13,20,22H,14-16H2,1-4H3,(H,26,28)(H,27,31)(H,29,30)/t20-,22-/m0/s1. The molecule has 2 aromatic rings. The minimum absolute atomic E-state index is 0.0834. The number of hydrogen-bond donors (Lipinski definition) is 3. The van der Waals surface area contributed by atoms with Crippen LogP contribution < -0.4 is 15.4 Å². The number of carboxylic acid groups (broad SMARTS) is 1. The number of benzene rings is 2. The van der Waals surface area contributed by atoms with Crippen molar-refractivity contribution in [3.63, 3.8) is 0 Å². The summed E-state index contributed by atoms with van der Waals surface area (Å²) in [7, 11) is 1.54. The van der Waals surface area contributed by atoms with Gasteiger partial charge in [-0.2, -0.15) is 0 Å². The number of alkyl carbamates (subject to hydrolysis) is 1. The molecule has 0 aliphatic carbocycles. The van der Waals surface area contributed by atoms with E-state index >= 15 is 0 Å². The van der Waals surface area contributed by atoms with Gasteiger partial charge in [0.2, 0.25) is 5.91 Å². The number of carboxylic acids is 1. The van der Waals surface area contributed by atoms with Crippen molar-refractivity contribution in [3.05, 3.63) is 65.7 Å². The molecule has 0 bridgehead atoms. The highest BCUT2D eigenvalue weighted by Gasteiger charge is 2.25. The second-order valence-corrected chi connectivity index (χ2v) is 8.65. The number of ether oxygens (including phenoxy) is 3. The molecule has 34 heavy (non-hydrogen) atoms. The molecule has 2 aromatic carbocycles. The number of hydrogen-bond acceptors (Lipinski definition) is 6. The van der Waals surface area contributed by atoms with E-state index in [9.17, 15) is 19.5 Å². The monoisotopic (exact) mass is 472 g/mol. The van der Waals surface area contributed by atoms with Gasteiger partial charge in [-0.25, -0.2) is 9.59 Å². The summed E-state index contributed by atoms with van der Waals surface area (Å²) in [5, 5.41) is 14.6. The van der Waals surface area contributed by atoms with E-state index in [1.54, 1.807) is 45.0 Å². The summed E-state index contributed by atoms with van der Waals surface area (Å²) < 4.78 is 16.1. The van der Waals surface area contributed by atoms with Crippen molar-refractivity contribution < 1.29 is 33.7 Å². The Morgan fingerprint density at radius 1 is 0.941 bits per heavy atom. The van der Waals surface area contributed by atoms with Crippen LogP contribution in [0.3, 0.4) is 0 Å². The van der Waals surface area contributed by atoms with E-state index in [4.69, 9.17) is 14.2 Å². The highest BCUT2D eigenvalue weighted by atomic mass is 16.6. The molecule has 0 aliphatic rings. The average molecular weight is 473 g/mol. The van der Waals surface area contributed by atoms with Crippen molar-refractivity contribution in [1.29, 1.82) is 0 Å². The number of carbonyl (C=O) groups excluding carboxylic acids is 2. The zero-order valence-electron chi connectivity index (χ0n) is 19.9. The van der Waals surface area contributed by atoms with Gasteiger partial charge in [0, 0.05) is 6.42 Å². The van der Waals surface area contributed by atoms with E-state index in [1.807, 2.05) is 30.3 Å². The summed E-state index contributed by atoms with van der Waals surface area (Å²) in [5.74, 6) is -1.12. The molecule has 2 rings (SSSR count). The fraction of sp³-hybridized carbons (Fsp3) is 0.400. The molecule has 0 unspecified atom stereocenters. The van der Waals surface area contributed by atoms with Crippen molar-refractivity contribution in [1.82, 2.24) is 10.6 Å². The van der Waals surface area contributed by atoms with Crippen LogP contribution in [0.1, 0.15) is 38.3 Å². The van der Waals surface area contributed by atoms with Gasteiger partial charge in [-0.1, -0.05) is 42.5 Å². The first-order valence-electron chi connectivity index (χ1n) is 10.9. The van der Waals surface area contributed by atoms with Crippen LogP contribution in [0.4, 0.5) is 4.79 Å². The molecule has 2 atom stereocenters. The predicted octanol–water partition coefficient (Wildman–Crippen LogP) is 3.26. The van der Waals surface area contributed by atoms with Gasteiger partial charge in [-0.15, -0.1) is 0 Å². The van der Waals surface area contributed by atoms with Crippen LogP contribution in [-0.4, -0.2) is 48.1 Å². The predicted molar refractivity (Wildman–Crippen MR) is 125 cm³/mol. The maximum atomic E-state index is 12.7. The maximum Gasteiger partial charge on any atom is 0.409 e. The van der Waals surface area contributed by atoms with Gasteiger partial charge < -0.3 is 24.6 Å². The number of aliphatic carboxylic acids is 1. The highest BCUT2D eigenvalue weighted by Crippen LogP contribution is 2.13. The topological polar surface area (TPSA) is 123 Å². The Morgan fingerprint density at radius 2 is 1.59 bits per heavy atom. The molecule has 9 heteroatoms. The van der Waals surface area contributed by atoms with Crippen molar-refractivity contribution >= 4 is 18.0 Å². The second kappa shape index (κ2) is 12.6. The SMILES string of the molecule is COc1ccc(C[C@H](NC(=O)C[C@@H](NC(=O)OC(C)(C)C)OCc2ccccc2)C(=O)O)cc1. The van der Waals surface area contributed by atoms with Gasteiger partial charge >= 0.3 is 12.1 Å². The first kappa shape index (κ1) is 26.7. The lowest BCUT2D eigenvalue weighted by atomic mass is 10.1. The molecule has 9 nitrogen and oxygen atoms in total. The molecule has 3 N–H and O–H groups in total. The Balaban J connectivity index is 2.03. The molecule has 0 fully saturated rings. The Bertz CT molecular complexity index is 940. The van der Waals surface area contributed by atoms with E-state index in [0.717, 1.165) is 11.1 Å². The average Bonchev–Trinajstić information content (AvgIpc) is 2.77. The van der Waals surface area contributed by atoms with Crippen molar-refractivity contribution in [2.75, 3.05) is 7.11 Å². The highest BCUT2D eigenvalue weighted by molar-refractivity contribution is 5.84. The third-order valence-corrected chi connectivity index (χ3v) is 4.57. The van der Waals surface area contributed by atoms with E-state index in [2.05, 4.69) is 10.6 Å². The number of nitrogens with one attached hydrogen (secondary N) is 2. The quantitative estimate of drug-likeness (QED) is 0.429. The second-order valence-electron chi connectivity index (χ2n) is 8.65. The first-order chi connectivity index (χ1) is 16.1. The lowest BCUT2D eigenvalue weighted by Crippen LogP contribution is -2.47. The summed E-state index contributed by atoms with van der Waals surface area (Å²) in [6, 6.07) is 15.0. The van der Waals surface area contributed by atoms with Crippen LogP contribution in [0.5, 0.6) is 5.75 Å². The van der Waals surface area contributed by atoms with Gasteiger partial charge in [0.25, 0.3) is 0 Å². The Labute approximate surface area is 199 Å². The van der Waals surface area contributed by atoms with Gasteiger partial charge in [-0.05, 0) is 44.0 Å². The molecule has 0 saturated carbocycles. The minimum Gasteiger partial charge on any atom is -0.497 e. The molecule has 0 aromatic heterocycles. The summed E-state index contributed by atoms with van der Waals surface area (Å²) >= 11 is 0. The zero-order chi connectivity index (χ0) is 25.1. The molecular weight excluding hydrogens is 440 g/mol. The van der Waals surface area contributed by atoms with Crippen LogP contribution >= 0.6 is 0 Å². The summed E-state index contributed by atoms with van der Waals surface area (Å²) in [4.78, 5) is 36.6. The molecule has 0 aliphatic heterocycles. The van der Waals surface area contributed by atoms with Crippen LogP contribution in [-0.2, 0) is 32.1 Å². The number of amides is 2. The fourth-order valence-electron chi connectivity index (χ4n) is 2.98. The maximum absolute atomic E-state index is 12.7. The normalized spacial score (nSPS) is 12.8. The zero-order valence-corrected chi connectivity index (χ0v) is 19.9. The lowest BCUT2D eigenvalue weighted by Gasteiger charge is -2.24. The first-order valence-corrected chi connectivity index (χ1v) is 10.9. The van der Waals surface area contributed by atoms with E-state index < -0.39 is 35.8 Å². The fourth-order valence-corrected chi connectivity index (χ4v) is 2.98. The van der Waals surface area contributed by atoms with Crippen LogP contribution in [0.2, 0.25) is 0 Å². The molecular formula is C25H32N2O7. The van der Waals surface area contributed by atoms with Gasteiger partial charge in [-0.3, -0.25) is 10.1 Å². The number of rotatable bonds is 11. The van der Waals surface area contributed by atoms with Crippen LogP contribution in [0, 0.1) is 0 Å². The molecule has 0 spiro atoms. The largest absolute Gasteiger partial charge is 0.497 e. The summed E-state index contributed by atoms with van der Waals surface area (Å²) in [5.41, 5.74) is 0.836. The summed E-state index contributed by atoms with van der Waals surface area (Å²) in [6.07, 6.45) is -1.98. The molecule has 0 heterocycles. The molecule has 2 amide bonds.